The zero-order valence-electron chi connectivity index (χ0n) is 18.4. The van der Waals surface area contributed by atoms with Crippen LogP contribution in [0.2, 0.25) is 0 Å². The van der Waals surface area contributed by atoms with Gasteiger partial charge in [-0.15, -0.1) is 11.3 Å². The van der Waals surface area contributed by atoms with E-state index in [2.05, 4.69) is 12.2 Å². The normalized spacial score (nSPS) is 16.2. The molecule has 0 aliphatic heterocycles. The summed E-state index contributed by atoms with van der Waals surface area (Å²) in [4.78, 5) is 38.9. The van der Waals surface area contributed by atoms with Crippen molar-refractivity contribution in [1.82, 2.24) is 0 Å². The van der Waals surface area contributed by atoms with E-state index in [9.17, 15) is 14.4 Å². The summed E-state index contributed by atoms with van der Waals surface area (Å²) in [7, 11) is 0. The van der Waals surface area contributed by atoms with Gasteiger partial charge in [-0.2, -0.15) is 0 Å². The lowest BCUT2D eigenvalue weighted by molar-refractivity contribution is -0.123. The Bertz CT molecular complexity index is 963. The van der Waals surface area contributed by atoms with Gasteiger partial charge in [-0.3, -0.25) is 4.79 Å². The molecule has 166 valence electrons. The minimum atomic E-state index is -1.01. The van der Waals surface area contributed by atoms with Gasteiger partial charge >= 0.3 is 11.9 Å². The van der Waals surface area contributed by atoms with Gasteiger partial charge in [-0.25, -0.2) is 9.59 Å². The van der Waals surface area contributed by atoms with Crippen molar-refractivity contribution in [3.63, 3.8) is 0 Å². The predicted molar refractivity (Wildman–Crippen MR) is 121 cm³/mol. The maximum Gasteiger partial charge on any atom is 0.341 e. The molecule has 0 bridgehead atoms. The van der Waals surface area contributed by atoms with Crippen LogP contribution in [0.25, 0.3) is 0 Å². The number of anilines is 1. The molecule has 1 N–H and O–H groups in total. The lowest BCUT2D eigenvalue weighted by atomic mass is 9.88. The van der Waals surface area contributed by atoms with Crippen molar-refractivity contribution < 1.29 is 23.9 Å². The molecule has 0 saturated heterocycles. The van der Waals surface area contributed by atoms with Gasteiger partial charge in [0.15, 0.2) is 6.10 Å². The molecule has 0 spiro atoms. The van der Waals surface area contributed by atoms with Crippen molar-refractivity contribution >= 4 is 34.2 Å². The summed E-state index contributed by atoms with van der Waals surface area (Å²) >= 11 is 1.41. The highest BCUT2D eigenvalue weighted by molar-refractivity contribution is 7.17. The van der Waals surface area contributed by atoms with Crippen molar-refractivity contribution in [2.75, 3.05) is 11.9 Å². The topological polar surface area (TPSA) is 81.7 Å². The van der Waals surface area contributed by atoms with Gasteiger partial charge in [0.05, 0.1) is 17.7 Å². The highest BCUT2D eigenvalue weighted by atomic mass is 32.1. The minimum absolute atomic E-state index is 0.262. The average Bonchev–Trinajstić information content (AvgIpc) is 3.10. The lowest BCUT2D eigenvalue weighted by Crippen LogP contribution is -2.30. The van der Waals surface area contributed by atoms with E-state index in [1.54, 1.807) is 19.1 Å². The van der Waals surface area contributed by atoms with Crippen molar-refractivity contribution in [2.24, 2.45) is 5.92 Å². The van der Waals surface area contributed by atoms with Crippen molar-refractivity contribution in [3.05, 3.63) is 51.4 Å². The number of esters is 2. The van der Waals surface area contributed by atoms with E-state index >= 15 is 0 Å². The standard InChI is InChI=1S/C24H29NO5S/c1-5-16-8-10-17(11-9-16)23(27)30-15(4)21(26)25-22-20(24(28)29-6-2)18-12-7-14(3)13-19(18)31-22/h8-11,14-15H,5-7,12-13H2,1-4H3,(H,25,26). The number of ether oxygens (including phenoxy) is 2. The fraction of sp³-hybridized carbons (Fsp3) is 0.458. The van der Waals surface area contributed by atoms with Crippen LogP contribution in [0.1, 0.15) is 70.8 Å². The zero-order valence-corrected chi connectivity index (χ0v) is 19.3. The highest BCUT2D eigenvalue weighted by Gasteiger charge is 2.30. The number of benzene rings is 1. The fourth-order valence-corrected chi connectivity index (χ4v) is 5.03. The molecule has 31 heavy (non-hydrogen) atoms. The molecule has 1 amide bonds. The number of thiophene rings is 1. The van der Waals surface area contributed by atoms with Crippen LogP contribution in [-0.4, -0.2) is 30.6 Å². The van der Waals surface area contributed by atoms with Crippen molar-refractivity contribution in [3.8, 4) is 0 Å². The number of nitrogens with one attached hydrogen (secondary N) is 1. The third-order valence-corrected chi connectivity index (χ3v) is 6.65. The SMILES string of the molecule is CCOC(=O)c1c(NC(=O)C(C)OC(=O)c2ccc(CC)cc2)sc2c1CCC(C)C2. The molecule has 1 aromatic carbocycles. The van der Waals surface area contributed by atoms with E-state index < -0.39 is 23.9 Å². The molecule has 2 atom stereocenters. The van der Waals surface area contributed by atoms with Crippen LogP contribution in [0.5, 0.6) is 0 Å². The Kier molecular flexibility index (Phi) is 7.49. The number of fused-ring (bicyclic) bond motifs is 1. The molecular formula is C24H29NO5S. The predicted octanol–water partition coefficient (Wildman–Crippen LogP) is 4.80. The van der Waals surface area contributed by atoms with Gasteiger partial charge in [-0.1, -0.05) is 26.0 Å². The van der Waals surface area contributed by atoms with Crippen LogP contribution >= 0.6 is 11.3 Å². The van der Waals surface area contributed by atoms with E-state index in [1.807, 2.05) is 19.1 Å². The third kappa shape index (κ3) is 5.34. The highest BCUT2D eigenvalue weighted by Crippen LogP contribution is 2.40. The fourth-order valence-electron chi connectivity index (χ4n) is 3.63. The Labute approximate surface area is 186 Å². The summed E-state index contributed by atoms with van der Waals surface area (Å²) in [5.41, 5.74) is 2.92. The van der Waals surface area contributed by atoms with Crippen molar-refractivity contribution in [1.29, 1.82) is 0 Å². The first kappa shape index (κ1) is 23.0. The number of hydrogen-bond donors (Lipinski definition) is 1. The van der Waals surface area contributed by atoms with Crippen LogP contribution in [0, 0.1) is 5.92 Å². The first-order valence-corrected chi connectivity index (χ1v) is 11.6. The van der Waals surface area contributed by atoms with Gasteiger partial charge in [0, 0.05) is 4.88 Å². The first-order chi connectivity index (χ1) is 14.8. The molecule has 1 aliphatic rings. The third-order valence-electron chi connectivity index (χ3n) is 5.48. The molecule has 1 heterocycles. The first-order valence-electron chi connectivity index (χ1n) is 10.8. The Morgan fingerprint density at radius 2 is 1.87 bits per heavy atom. The maximum atomic E-state index is 12.8. The Balaban J connectivity index is 1.74. The Hall–Kier alpha value is -2.67. The number of aryl methyl sites for hydroxylation is 1. The number of carbonyl (C=O) groups excluding carboxylic acids is 3. The van der Waals surface area contributed by atoms with Gasteiger partial charge in [-0.05, 0) is 68.7 Å². The van der Waals surface area contributed by atoms with Crippen LogP contribution in [-0.2, 0) is 33.5 Å². The number of hydrogen-bond acceptors (Lipinski definition) is 6. The van der Waals surface area contributed by atoms with Crippen LogP contribution in [0.4, 0.5) is 5.00 Å². The molecule has 3 rings (SSSR count). The quantitative estimate of drug-likeness (QED) is 0.622. The minimum Gasteiger partial charge on any atom is -0.462 e. The summed E-state index contributed by atoms with van der Waals surface area (Å²) < 4.78 is 10.6. The Morgan fingerprint density at radius 3 is 2.52 bits per heavy atom. The Morgan fingerprint density at radius 1 is 1.16 bits per heavy atom. The van der Waals surface area contributed by atoms with Gasteiger partial charge in [0.1, 0.15) is 5.00 Å². The van der Waals surface area contributed by atoms with E-state index in [0.29, 0.717) is 22.0 Å². The van der Waals surface area contributed by atoms with Crippen LogP contribution in [0.3, 0.4) is 0 Å². The van der Waals surface area contributed by atoms with Gasteiger partial charge < -0.3 is 14.8 Å². The number of rotatable bonds is 7. The van der Waals surface area contributed by atoms with E-state index in [1.165, 1.54) is 18.3 Å². The summed E-state index contributed by atoms with van der Waals surface area (Å²) in [5, 5.41) is 3.27. The zero-order chi connectivity index (χ0) is 22.5. The van der Waals surface area contributed by atoms with Crippen LogP contribution < -0.4 is 5.32 Å². The second kappa shape index (κ2) is 10.1. The average molecular weight is 444 g/mol. The molecule has 2 aromatic rings. The smallest absolute Gasteiger partial charge is 0.341 e. The van der Waals surface area contributed by atoms with Gasteiger partial charge in [0.2, 0.25) is 0 Å². The second-order valence-electron chi connectivity index (χ2n) is 7.86. The van der Waals surface area contributed by atoms with E-state index in [0.717, 1.165) is 41.7 Å². The molecule has 1 aliphatic carbocycles. The van der Waals surface area contributed by atoms with Crippen molar-refractivity contribution in [2.45, 2.75) is 59.5 Å². The largest absolute Gasteiger partial charge is 0.462 e. The maximum absolute atomic E-state index is 12.8. The summed E-state index contributed by atoms with van der Waals surface area (Å²) in [6.07, 6.45) is 2.52. The summed E-state index contributed by atoms with van der Waals surface area (Å²) in [6.45, 7) is 7.75. The van der Waals surface area contributed by atoms with E-state index in [-0.39, 0.29) is 6.61 Å². The molecule has 6 nitrogen and oxygen atoms in total. The van der Waals surface area contributed by atoms with Crippen LogP contribution in [0.15, 0.2) is 24.3 Å². The second-order valence-corrected chi connectivity index (χ2v) is 8.97. The molecule has 2 unspecified atom stereocenters. The molecule has 7 heteroatoms. The lowest BCUT2D eigenvalue weighted by Gasteiger charge is -2.18. The van der Waals surface area contributed by atoms with E-state index in [4.69, 9.17) is 9.47 Å². The molecule has 1 aromatic heterocycles. The monoisotopic (exact) mass is 443 g/mol. The molecule has 0 saturated carbocycles. The molecular weight excluding hydrogens is 414 g/mol. The molecule has 0 radical (unpaired) electrons. The number of carbonyl (C=O) groups is 3. The number of amides is 1. The summed E-state index contributed by atoms with van der Waals surface area (Å²) in [6, 6.07) is 7.12. The summed E-state index contributed by atoms with van der Waals surface area (Å²) in [5.74, 6) is -0.930. The van der Waals surface area contributed by atoms with Gasteiger partial charge in [0.25, 0.3) is 5.91 Å². The molecule has 0 fully saturated rings.